The van der Waals surface area contributed by atoms with E-state index in [2.05, 4.69) is 5.32 Å². The number of halogens is 4. The molecule has 1 aromatic carbocycles. The van der Waals surface area contributed by atoms with Gasteiger partial charge < -0.3 is 10.4 Å². The summed E-state index contributed by atoms with van der Waals surface area (Å²) in [6.07, 6.45) is 0. The van der Waals surface area contributed by atoms with Crippen LogP contribution in [0.1, 0.15) is 10.4 Å². The highest BCUT2D eigenvalue weighted by Gasteiger charge is 2.27. The normalized spacial score (nSPS) is 11.3. The Balaban J connectivity index is 2.49. The highest BCUT2D eigenvalue weighted by Crippen LogP contribution is 2.29. The number of anilines is 1. The van der Waals surface area contributed by atoms with Crippen LogP contribution in [-0.4, -0.2) is 28.9 Å². The quantitative estimate of drug-likeness (QED) is 0.643. The minimum Gasteiger partial charge on any atom is -0.478 e. The minimum atomic E-state index is -4.29. The predicted molar refractivity (Wildman–Crippen MR) is 60.4 cm³/mol. The number of aromatic carboxylic acids is 1. The van der Waals surface area contributed by atoms with E-state index in [-0.39, 0.29) is 29.7 Å². The van der Waals surface area contributed by atoms with Gasteiger partial charge in [-0.25, -0.2) is 9.18 Å². The van der Waals surface area contributed by atoms with Gasteiger partial charge in [-0.2, -0.15) is 13.2 Å². The summed E-state index contributed by atoms with van der Waals surface area (Å²) in [7, 11) is 0. The number of rotatable bonds is 5. The molecule has 0 amide bonds. The molecule has 8 heteroatoms. The Kier molecular flexibility index (Phi) is 4.83. The second kappa shape index (κ2) is 5.94. The lowest BCUT2D eigenvalue weighted by Crippen LogP contribution is -2.10. The molecule has 0 aromatic heterocycles. The van der Waals surface area contributed by atoms with Crippen LogP contribution in [0.2, 0.25) is 0 Å². The number of carboxylic acid groups (broad SMARTS) is 1. The Labute approximate surface area is 104 Å². The molecule has 0 bridgehead atoms. The van der Waals surface area contributed by atoms with Crippen molar-refractivity contribution in [2.24, 2.45) is 0 Å². The van der Waals surface area contributed by atoms with Crippen LogP contribution >= 0.6 is 11.8 Å². The first-order chi connectivity index (χ1) is 8.29. The molecule has 0 radical (unpaired) electrons. The van der Waals surface area contributed by atoms with Crippen molar-refractivity contribution >= 4 is 23.4 Å². The number of hydrogen-bond donors (Lipinski definition) is 2. The molecule has 0 fully saturated rings. The third-order valence-electron chi connectivity index (χ3n) is 1.90. The van der Waals surface area contributed by atoms with E-state index in [1.165, 1.54) is 6.07 Å². The summed E-state index contributed by atoms with van der Waals surface area (Å²) in [5.41, 5.74) is -4.54. The van der Waals surface area contributed by atoms with Gasteiger partial charge in [0.15, 0.2) is 0 Å². The van der Waals surface area contributed by atoms with Crippen molar-refractivity contribution in [1.29, 1.82) is 0 Å². The summed E-state index contributed by atoms with van der Waals surface area (Å²) in [5.74, 6) is -2.55. The lowest BCUT2D eigenvalue weighted by Gasteiger charge is -2.08. The van der Waals surface area contributed by atoms with Crippen molar-refractivity contribution < 1.29 is 27.5 Å². The van der Waals surface area contributed by atoms with Gasteiger partial charge in [-0.15, -0.1) is 0 Å². The van der Waals surface area contributed by atoms with Gasteiger partial charge in [-0.1, -0.05) is 0 Å². The molecule has 0 saturated heterocycles. The Morgan fingerprint density at radius 3 is 2.56 bits per heavy atom. The fourth-order valence-electron chi connectivity index (χ4n) is 1.16. The molecule has 18 heavy (non-hydrogen) atoms. The molecule has 0 spiro atoms. The lowest BCUT2D eigenvalue weighted by atomic mass is 10.2. The van der Waals surface area contributed by atoms with Gasteiger partial charge in [0.2, 0.25) is 0 Å². The number of hydrogen-bond acceptors (Lipinski definition) is 3. The number of alkyl halides is 3. The van der Waals surface area contributed by atoms with Gasteiger partial charge in [-0.05, 0) is 30.0 Å². The SMILES string of the molecule is O=C(O)c1ccc(NCCSC(F)(F)F)cc1F. The molecular weight excluding hydrogens is 274 g/mol. The number of carbonyl (C=O) groups is 1. The maximum Gasteiger partial charge on any atom is 0.441 e. The topological polar surface area (TPSA) is 49.3 Å². The van der Waals surface area contributed by atoms with E-state index in [1.807, 2.05) is 0 Å². The van der Waals surface area contributed by atoms with Crippen LogP contribution in [0.25, 0.3) is 0 Å². The van der Waals surface area contributed by atoms with Crippen molar-refractivity contribution in [3.63, 3.8) is 0 Å². The van der Waals surface area contributed by atoms with Gasteiger partial charge in [-0.3, -0.25) is 0 Å². The van der Waals surface area contributed by atoms with Gasteiger partial charge in [0.1, 0.15) is 5.82 Å². The monoisotopic (exact) mass is 283 g/mol. The maximum absolute atomic E-state index is 13.2. The van der Waals surface area contributed by atoms with Crippen LogP contribution in [0.4, 0.5) is 23.2 Å². The fraction of sp³-hybridized carbons (Fsp3) is 0.300. The average Bonchev–Trinajstić information content (AvgIpc) is 2.22. The maximum atomic E-state index is 13.2. The van der Waals surface area contributed by atoms with Crippen LogP contribution < -0.4 is 5.32 Å². The van der Waals surface area contributed by atoms with Crippen LogP contribution in [-0.2, 0) is 0 Å². The number of nitrogens with one attached hydrogen (secondary N) is 1. The molecule has 0 unspecified atom stereocenters. The zero-order valence-electron chi connectivity index (χ0n) is 8.92. The molecule has 0 saturated carbocycles. The first kappa shape index (κ1) is 14.6. The molecule has 0 aliphatic heterocycles. The Hall–Kier alpha value is -1.44. The van der Waals surface area contributed by atoms with Crippen molar-refractivity contribution in [2.45, 2.75) is 5.51 Å². The molecule has 0 heterocycles. The van der Waals surface area contributed by atoms with Crippen molar-refractivity contribution in [1.82, 2.24) is 0 Å². The van der Waals surface area contributed by atoms with E-state index in [1.54, 1.807) is 0 Å². The molecule has 2 N–H and O–H groups in total. The Bertz CT molecular complexity index is 436. The molecule has 3 nitrogen and oxygen atoms in total. The summed E-state index contributed by atoms with van der Waals surface area (Å²) in [6, 6.07) is 3.28. The third kappa shape index (κ3) is 4.82. The lowest BCUT2D eigenvalue weighted by molar-refractivity contribution is -0.0327. The Morgan fingerprint density at radius 2 is 2.06 bits per heavy atom. The van der Waals surface area contributed by atoms with Crippen LogP contribution in [0.3, 0.4) is 0 Å². The summed E-state index contributed by atoms with van der Waals surface area (Å²) >= 11 is -0.185. The second-order valence-electron chi connectivity index (χ2n) is 3.22. The van der Waals surface area contributed by atoms with Gasteiger partial charge in [0.25, 0.3) is 0 Å². The van der Waals surface area contributed by atoms with Gasteiger partial charge >= 0.3 is 11.5 Å². The van der Waals surface area contributed by atoms with E-state index in [4.69, 9.17) is 5.11 Å². The smallest absolute Gasteiger partial charge is 0.441 e. The summed E-state index contributed by atoms with van der Waals surface area (Å²) in [6.45, 7) is -0.00393. The summed E-state index contributed by atoms with van der Waals surface area (Å²) < 4.78 is 48.6. The van der Waals surface area contributed by atoms with E-state index >= 15 is 0 Å². The van der Waals surface area contributed by atoms with Crippen molar-refractivity contribution in [3.05, 3.63) is 29.6 Å². The summed E-state index contributed by atoms with van der Waals surface area (Å²) in [5, 5.41) is 11.1. The van der Waals surface area contributed by atoms with E-state index in [9.17, 15) is 22.4 Å². The van der Waals surface area contributed by atoms with Gasteiger partial charge in [0.05, 0.1) is 5.56 Å². The number of thioether (sulfide) groups is 1. The van der Waals surface area contributed by atoms with E-state index in [0.29, 0.717) is 0 Å². The molecule has 0 atom stereocenters. The number of benzene rings is 1. The average molecular weight is 283 g/mol. The molecule has 1 rings (SSSR count). The van der Waals surface area contributed by atoms with Crippen LogP contribution in [0.15, 0.2) is 18.2 Å². The highest BCUT2D eigenvalue weighted by molar-refractivity contribution is 8.00. The zero-order chi connectivity index (χ0) is 13.8. The predicted octanol–water partition coefficient (Wildman–Crippen LogP) is 3.19. The first-order valence-electron chi connectivity index (χ1n) is 4.77. The van der Waals surface area contributed by atoms with E-state index < -0.39 is 22.9 Å². The second-order valence-corrected chi connectivity index (χ2v) is 4.38. The molecular formula is C10H9F4NO2S. The van der Waals surface area contributed by atoms with E-state index in [0.717, 1.165) is 12.1 Å². The molecule has 0 aliphatic rings. The highest BCUT2D eigenvalue weighted by atomic mass is 32.2. The van der Waals surface area contributed by atoms with Crippen molar-refractivity contribution in [2.75, 3.05) is 17.6 Å². The number of carboxylic acids is 1. The Morgan fingerprint density at radius 1 is 1.39 bits per heavy atom. The van der Waals surface area contributed by atoms with Crippen LogP contribution in [0, 0.1) is 5.82 Å². The van der Waals surface area contributed by atoms with Gasteiger partial charge in [0, 0.05) is 18.0 Å². The summed E-state index contributed by atoms with van der Waals surface area (Å²) in [4.78, 5) is 10.5. The standard InChI is InChI=1S/C10H9F4NO2S/c11-8-5-6(1-2-7(8)9(16)17)15-3-4-18-10(12,13)14/h1-2,5,15H,3-4H2,(H,16,17). The van der Waals surface area contributed by atoms with Crippen LogP contribution in [0.5, 0.6) is 0 Å². The molecule has 1 aromatic rings. The third-order valence-corrected chi connectivity index (χ3v) is 2.63. The van der Waals surface area contributed by atoms with Crippen molar-refractivity contribution in [3.8, 4) is 0 Å². The molecule has 0 aliphatic carbocycles. The fourth-order valence-corrected chi connectivity index (χ4v) is 1.60. The first-order valence-corrected chi connectivity index (χ1v) is 5.75. The minimum absolute atomic E-state index is 0.00393. The largest absolute Gasteiger partial charge is 0.478 e. The zero-order valence-corrected chi connectivity index (χ0v) is 9.74. The molecule has 100 valence electrons.